The van der Waals surface area contributed by atoms with E-state index in [1.807, 2.05) is 0 Å². The molecule has 0 aliphatic rings. The molecule has 0 aromatic rings. The van der Waals surface area contributed by atoms with E-state index in [0.29, 0.717) is 19.3 Å². The Labute approximate surface area is 486 Å². The lowest BCUT2D eigenvalue weighted by Gasteiger charge is -2.18. The second-order valence-corrected chi connectivity index (χ2v) is 20.6. The van der Waals surface area contributed by atoms with Gasteiger partial charge in [-0.1, -0.05) is 275 Å². The minimum Gasteiger partial charge on any atom is -0.462 e. The molecule has 6 heteroatoms. The molecule has 0 spiro atoms. The zero-order chi connectivity index (χ0) is 57.1. The molecule has 6 nitrogen and oxygen atoms in total. The van der Waals surface area contributed by atoms with Gasteiger partial charge in [0.1, 0.15) is 13.2 Å². The van der Waals surface area contributed by atoms with Crippen LogP contribution in [0.1, 0.15) is 265 Å². The van der Waals surface area contributed by atoms with Gasteiger partial charge in [0.2, 0.25) is 0 Å². The Balaban J connectivity index is 4.24. The van der Waals surface area contributed by atoms with Gasteiger partial charge < -0.3 is 14.2 Å². The third-order valence-electron chi connectivity index (χ3n) is 13.0. The molecule has 0 aliphatic heterocycles. The van der Waals surface area contributed by atoms with E-state index in [9.17, 15) is 14.4 Å². The Hall–Kier alpha value is -4.97. The predicted molar refractivity (Wildman–Crippen MR) is 343 cm³/mol. The first kappa shape index (κ1) is 74.0. The van der Waals surface area contributed by atoms with Crippen LogP contribution in [0.4, 0.5) is 0 Å². The van der Waals surface area contributed by atoms with Gasteiger partial charge in [0.05, 0.1) is 0 Å². The molecule has 0 aliphatic carbocycles. The molecule has 0 saturated heterocycles. The third kappa shape index (κ3) is 63.7. The second-order valence-electron chi connectivity index (χ2n) is 20.6. The van der Waals surface area contributed by atoms with Crippen molar-refractivity contribution < 1.29 is 28.6 Å². The van der Waals surface area contributed by atoms with Crippen molar-refractivity contribution >= 4 is 17.9 Å². The minimum atomic E-state index is -0.796. The maximum atomic E-state index is 12.9. The van der Waals surface area contributed by atoms with E-state index in [1.54, 1.807) is 0 Å². The van der Waals surface area contributed by atoms with Crippen molar-refractivity contribution in [2.75, 3.05) is 13.2 Å². The van der Waals surface area contributed by atoms with E-state index in [-0.39, 0.29) is 31.1 Å². The average molecular weight is 1090 g/mol. The van der Waals surface area contributed by atoms with Crippen LogP contribution in [0.25, 0.3) is 0 Å². The first-order valence-corrected chi connectivity index (χ1v) is 32.0. The lowest BCUT2D eigenvalue weighted by molar-refractivity contribution is -0.167. The maximum Gasteiger partial charge on any atom is 0.306 e. The summed E-state index contributed by atoms with van der Waals surface area (Å²) < 4.78 is 16.8. The normalized spacial score (nSPS) is 13.2. The Kier molecular flexibility index (Phi) is 61.4. The lowest BCUT2D eigenvalue weighted by atomic mass is 10.1. The maximum absolute atomic E-state index is 12.9. The van der Waals surface area contributed by atoms with Crippen molar-refractivity contribution in [2.24, 2.45) is 0 Å². The highest BCUT2D eigenvalue weighted by Gasteiger charge is 2.19. The molecule has 79 heavy (non-hydrogen) atoms. The largest absolute Gasteiger partial charge is 0.462 e. The van der Waals surface area contributed by atoms with Crippen molar-refractivity contribution in [1.82, 2.24) is 0 Å². The molecule has 444 valence electrons. The molecule has 0 radical (unpaired) electrons. The molecule has 1 unspecified atom stereocenters. The van der Waals surface area contributed by atoms with E-state index in [0.717, 1.165) is 167 Å². The Bertz CT molecular complexity index is 1780. The fourth-order valence-electron chi connectivity index (χ4n) is 8.31. The molecular weight excluding hydrogens is 973 g/mol. The van der Waals surface area contributed by atoms with Crippen LogP contribution >= 0.6 is 0 Å². The third-order valence-corrected chi connectivity index (χ3v) is 13.0. The van der Waals surface area contributed by atoms with E-state index < -0.39 is 6.10 Å². The fraction of sp³-hybridized carbons (Fsp3) is 0.603. The van der Waals surface area contributed by atoms with Gasteiger partial charge in [0.15, 0.2) is 6.10 Å². The van der Waals surface area contributed by atoms with Gasteiger partial charge in [-0.25, -0.2) is 0 Å². The van der Waals surface area contributed by atoms with E-state index in [4.69, 9.17) is 14.2 Å². The quantitative estimate of drug-likeness (QED) is 0.0261. The Morgan fingerprint density at radius 1 is 0.266 bits per heavy atom. The summed E-state index contributed by atoms with van der Waals surface area (Å²) >= 11 is 0. The first-order valence-electron chi connectivity index (χ1n) is 32.0. The van der Waals surface area contributed by atoms with Crippen molar-refractivity contribution in [3.05, 3.63) is 158 Å². The first-order chi connectivity index (χ1) is 39.0. The highest BCUT2D eigenvalue weighted by molar-refractivity contribution is 5.71. The summed E-state index contributed by atoms with van der Waals surface area (Å²) in [5, 5.41) is 0. The highest BCUT2D eigenvalue weighted by Crippen LogP contribution is 2.14. The van der Waals surface area contributed by atoms with Crippen LogP contribution in [0.5, 0.6) is 0 Å². The van der Waals surface area contributed by atoms with Crippen molar-refractivity contribution in [3.8, 4) is 0 Å². The average Bonchev–Trinajstić information content (AvgIpc) is 3.45. The van der Waals surface area contributed by atoms with Gasteiger partial charge >= 0.3 is 17.9 Å². The van der Waals surface area contributed by atoms with E-state index in [1.165, 1.54) is 57.8 Å². The van der Waals surface area contributed by atoms with Crippen LogP contribution in [0.2, 0.25) is 0 Å². The van der Waals surface area contributed by atoms with Crippen LogP contribution in [-0.2, 0) is 28.6 Å². The van der Waals surface area contributed by atoms with Crippen LogP contribution in [-0.4, -0.2) is 37.2 Å². The van der Waals surface area contributed by atoms with Crippen molar-refractivity contribution in [1.29, 1.82) is 0 Å². The van der Waals surface area contributed by atoms with Crippen molar-refractivity contribution in [2.45, 2.75) is 271 Å². The fourth-order valence-corrected chi connectivity index (χ4v) is 8.31. The summed E-state index contributed by atoms with van der Waals surface area (Å²) in [7, 11) is 0. The Morgan fingerprint density at radius 3 is 0.772 bits per heavy atom. The lowest BCUT2D eigenvalue weighted by Crippen LogP contribution is -2.30. The van der Waals surface area contributed by atoms with Gasteiger partial charge in [-0.2, -0.15) is 0 Å². The topological polar surface area (TPSA) is 78.9 Å². The van der Waals surface area contributed by atoms with Gasteiger partial charge in [-0.3, -0.25) is 14.4 Å². The molecule has 0 N–H and O–H groups in total. The number of carbonyl (C=O) groups excluding carboxylic acids is 3. The summed E-state index contributed by atoms with van der Waals surface area (Å²) in [5.74, 6) is -0.929. The standard InChI is InChI=1S/C73H116O6/c1-4-7-10-13-16-18-20-22-24-26-28-30-32-33-34-35-36-37-38-39-41-42-44-46-48-50-52-54-57-60-63-66-72(75)78-69-70(68-77-71(74)65-62-59-56-15-12-9-6-3)79-73(76)67-64-61-58-55-53-51-49-47-45-43-40-31-29-27-25-23-21-19-17-14-11-8-5-2/h7-8,10-11,16-19,22-25,28-31,33-34,36-37,39,41,43-46,70H,4-6,9,12-15,20-21,26-27,32,35,38,40,42,47-69H2,1-3H3/b10-7-,11-8-,18-16-,19-17-,24-22-,25-23-,30-28-,31-29-,34-33-,37-36-,41-39-,45-43-,46-44-. The SMILES string of the molecule is CC/C=C\C/C=C\C/C=C\C/C=C\C/C=C\C/C=C\C/C=C\C/C=C\CCCCCCCCC(=O)OCC(COC(=O)CCCCCCCCC)OC(=O)CCCCCCCCC/C=C\C/C=C\C/C=C\C/C=C\C/C=C\CC. The van der Waals surface area contributed by atoms with Gasteiger partial charge in [0.25, 0.3) is 0 Å². The van der Waals surface area contributed by atoms with E-state index >= 15 is 0 Å². The number of hydrogen-bond donors (Lipinski definition) is 0. The van der Waals surface area contributed by atoms with Crippen LogP contribution < -0.4 is 0 Å². The van der Waals surface area contributed by atoms with Gasteiger partial charge in [-0.05, 0) is 128 Å². The summed E-state index contributed by atoms with van der Waals surface area (Å²) in [5.41, 5.74) is 0. The molecule has 0 amide bonds. The van der Waals surface area contributed by atoms with Crippen LogP contribution in [0.3, 0.4) is 0 Å². The smallest absolute Gasteiger partial charge is 0.306 e. The molecular formula is C73H116O6. The summed E-state index contributed by atoms with van der Waals surface area (Å²) in [4.78, 5) is 38.1. The highest BCUT2D eigenvalue weighted by atomic mass is 16.6. The summed E-state index contributed by atoms with van der Waals surface area (Å²) in [6, 6.07) is 0. The minimum absolute atomic E-state index is 0.0923. The summed E-state index contributed by atoms with van der Waals surface area (Å²) in [6.07, 6.45) is 95.5. The number of unbranched alkanes of at least 4 members (excludes halogenated alkanes) is 19. The van der Waals surface area contributed by atoms with Crippen molar-refractivity contribution in [3.63, 3.8) is 0 Å². The molecule has 0 bridgehead atoms. The molecule has 0 saturated carbocycles. The van der Waals surface area contributed by atoms with Crippen LogP contribution in [0.15, 0.2) is 158 Å². The monoisotopic (exact) mass is 1090 g/mol. The number of carbonyl (C=O) groups is 3. The molecule has 0 heterocycles. The summed E-state index contributed by atoms with van der Waals surface area (Å²) in [6.45, 7) is 6.34. The van der Waals surface area contributed by atoms with Crippen LogP contribution in [0, 0.1) is 0 Å². The number of ether oxygens (including phenoxy) is 3. The molecule has 0 aromatic heterocycles. The van der Waals surface area contributed by atoms with Gasteiger partial charge in [0, 0.05) is 19.3 Å². The number of hydrogen-bond acceptors (Lipinski definition) is 6. The zero-order valence-electron chi connectivity index (χ0n) is 50.8. The van der Waals surface area contributed by atoms with Gasteiger partial charge in [-0.15, -0.1) is 0 Å². The zero-order valence-corrected chi connectivity index (χ0v) is 50.8. The predicted octanol–water partition coefficient (Wildman–Crippen LogP) is 22.1. The second kappa shape index (κ2) is 65.5. The molecule has 0 aromatic carbocycles. The number of allylic oxidation sites excluding steroid dienone is 26. The van der Waals surface area contributed by atoms with E-state index in [2.05, 4.69) is 179 Å². The number of rotatable bonds is 56. The molecule has 0 fully saturated rings. The molecule has 0 rings (SSSR count). The molecule has 1 atom stereocenters. The Morgan fingerprint density at radius 2 is 0.494 bits per heavy atom. The number of esters is 3.